The number of rotatable bonds is 72. The van der Waals surface area contributed by atoms with E-state index in [1.54, 1.807) is 0 Å². The van der Waals surface area contributed by atoms with Gasteiger partial charge in [0.25, 0.3) is 0 Å². The predicted molar refractivity (Wildman–Crippen MR) is 402 cm³/mol. The van der Waals surface area contributed by atoms with Gasteiger partial charge in [0.05, 0.1) is 32.5 Å². The number of esters is 4. The molecule has 0 radical (unpaired) electrons. The molecule has 1 saturated heterocycles. The zero-order chi connectivity index (χ0) is 75.1. The summed E-state index contributed by atoms with van der Waals surface area (Å²) in [6.45, 7) is 11.1. The van der Waals surface area contributed by atoms with Gasteiger partial charge < -0.3 is 59.1 Å². The molecule has 0 saturated carbocycles. The van der Waals surface area contributed by atoms with Crippen LogP contribution >= 0.6 is 7.82 Å². The lowest BCUT2D eigenvalue weighted by molar-refractivity contribution is -0.272. The van der Waals surface area contributed by atoms with Gasteiger partial charge in [-0.1, -0.05) is 305 Å². The summed E-state index contributed by atoms with van der Waals surface area (Å²) in [5.41, 5.74) is 0. The quantitative estimate of drug-likeness (QED) is 0.0143. The van der Waals surface area contributed by atoms with Crippen LogP contribution in [0, 0.1) is 0 Å². The number of amides is 2. The molecule has 6 N–H and O–H groups in total. The lowest BCUT2D eigenvalue weighted by Gasteiger charge is -2.45. The molecule has 0 bridgehead atoms. The second-order valence-corrected chi connectivity index (χ2v) is 30.4. The SMILES string of the molecule is CCCCCCCCCCC[C@H](CC(=O)NC1C(OC(=O)C[C@@H](CCCCCCCCCCC)OC(=O)CCCCCCCCC)[C@H](OP(=O)(O)O)C(CO)O[C@H]1OC[C@H](NC(=O)C[C@@H](CCCCCCCCCC)OC(=O)CCCCCCCCC)C(=O)O)OC(=O)CCCCCCCCC. The second kappa shape index (κ2) is 65.6. The molecule has 1 aliphatic heterocycles. The van der Waals surface area contributed by atoms with Crippen molar-refractivity contribution in [1.82, 2.24) is 10.6 Å². The first-order chi connectivity index (χ1) is 49.3. The smallest absolute Gasteiger partial charge is 0.470 e. The number of carboxylic acid groups (broad SMARTS) is 1. The molecule has 102 heavy (non-hydrogen) atoms. The maximum Gasteiger partial charge on any atom is 0.470 e. The van der Waals surface area contributed by atoms with E-state index in [9.17, 15) is 58.1 Å². The van der Waals surface area contributed by atoms with E-state index in [1.165, 1.54) is 32.1 Å². The van der Waals surface area contributed by atoms with Crippen LogP contribution in [0.15, 0.2) is 0 Å². The van der Waals surface area contributed by atoms with Crippen molar-refractivity contribution < 1.29 is 91.1 Å². The fraction of sp³-hybridized carbons (Fsp3) is 0.912. The molecule has 0 aliphatic carbocycles. The number of carbonyl (C=O) groups is 7. The normalized spacial score (nSPS) is 17.3. The third-order valence-electron chi connectivity index (χ3n) is 19.4. The molecular weight excluding hydrogens is 1320 g/mol. The van der Waals surface area contributed by atoms with Crippen molar-refractivity contribution in [3.8, 4) is 0 Å². The zero-order valence-corrected chi connectivity index (χ0v) is 66.0. The summed E-state index contributed by atoms with van der Waals surface area (Å²) in [7, 11) is -5.56. The lowest BCUT2D eigenvalue weighted by atomic mass is 9.95. The van der Waals surface area contributed by atoms with Crippen molar-refractivity contribution in [2.45, 2.75) is 456 Å². The molecule has 0 aromatic rings. The van der Waals surface area contributed by atoms with Gasteiger partial charge in [-0.2, -0.15) is 0 Å². The molecule has 0 aromatic carbocycles. The number of carboxylic acids is 1. The number of nitrogens with one attached hydrogen (secondary N) is 2. The largest absolute Gasteiger partial charge is 0.480 e. The Hall–Kier alpha value is -3.72. The average Bonchev–Trinajstić information content (AvgIpc) is 0.780. The fourth-order valence-corrected chi connectivity index (χ4v) is 13.9. The van der Waals surface area contributed by atoms with Crippen LogP contribution in [0.1, 0.15) is 401 Å². The van der Waals surface area contributed by atoms with Crippen LogP contribution in [-0.2, 0) is 71.1 Å². The summed E-state index contributed by atoms with van der Waals surface area (Å²) < 4.78 is 54.8. The molecule has 21 nitrogen and oxygen atoms in total. The lowest BCUT2D eigenvalue weighted by Crippen LogP contribution is -2.66. The average molecular weight is 1470 g/mol. The van der Waals surface area contributed by atoms with Gasteiger partial charge in [-0.25, -0.2) is 9.36 Å². The van der Waals surface area contributed by atoms with E-state index in [0.29, 0.717) is 51.4 Å². The third kappa shape index (κ3) is 54.0. The molecular formula is C80H149N2O19P. The monoisotopic (exact) mass is 1470 g/mol. The van der Waals surface area contributed by atoms with Crippen LogP contribution in [-0.4, -0.2) is 130 Å². The number of phosphoric acid groups is 1. The van der Waals surface area contributed by atoms with Gasteiger partial charge in [0.1, 0.15) is 36.6 Å². The number of aliphatic carboxylic acids is 1. The Labute approximate surface area is 617 Å². The number of aliphatic hydroxyl groups excluding tert-OH is 1. The first kappa shape index (κ1) is 96.3. The number of carbonyl (C=O) groups excluding carboxylic acids is 6. The van der Waals surface area contributed by atoms with Crippen molar-refractivity contribution >= 4 is 49.5 Å². The number of hydrogen-bond acceptors (Lipinski definition) is 16. The Balaban J connectivity index is 3.86. The van der Waals surface area contributed by atoms with Crippen molar-refractivity contribution in [3.63, 3.8) is 0 Å². The molecule has 3 unspecified atom stereocenters. The van der Waals surface area contributed by atoms with Gasteiger partial charge in [0, 0.05) is 19.3 Å². The van der Waals surface area contributed by atoms with Crippen LogP contribution < -0.4 is 10.6 Å². The van der Waals surface area contributed by atoms with Crippen molar-refractivity contribution in [3.05, 3.63) is 0 Å². The standard InChI is InChI=1S/C80H149N2O19P/c1-7-13-19-25-31-34-40-43-49-55-66(97-73(87)58-52-46-37-29-23-17-11-5)61-71(85)82-76-78(100-75(89)62-67(56-50-44-41-35-32-26-20-14-8-2)98-74(88)59-53-47-38-30-24-18-12-6)77(101-102(92,93)94)69(63-83)99-80(76)95-64-68(79(90)91)81-70(84)60-65(54-48-42-39-33-27-21-15-9-3)96-72(86)57-51-45-36-28-22-16-10-4/h65-69,76-78,80,83H,7-64H2,1-6H3,(H,81,84)(H,82,85)(H,90,91)(H2,92,93,94)/t65-,66-,67-,68+,69?,76?,77-,78?,80-/m1/s1. The Morgan fingerprint density at radius 2 is 0.706 bits per heavy atom. The van der Waals surface area contributed by atoms with E-state index >= 15 is 0 Å². The first-order valence-electron chi connectivity index (χ1n) is 41.6. The Morgan fingerprint density at radius 1 is 0.402 bits per heavy atom. The van der Waals surface area contributed by atoms with Gasteiger partial charge in [0.2, 0.25) is 11.8 Å². The van der Waals surface area contributed by atoms with Gasteiger partial charge in [0.15, 0.2) is 18.4 Å². The van der Waals surface area contributed by atoms with E-state index in [2.05, 4.69) is 52.2 Å². The Bertz CT molecular complexity index is 2150. The molecule has 1 heterocycles. The summed E-state index contributed by atoms with van der Waals surface area (Å²) in [6.07, 6.45) is 36.8. The number of phosphoric ester groups is 1. The summed E-state index contributed by atoms with van der Waals surface area (Å²) in [6, 6.07) is -3.60. The molecule has 1 fully saturated rings. The highest BCUT2D eigenvalue weighted by Crippen LogP contribution is 2.42. The molecule has 0 spiro atoms. The van der Waals surface area contributed by atoms with E-state index in [4.69, 9.17) is 32.9 Å². The highest BCUT2D eigenvalue weighted by molar-refractivity contribution is 7.46. The molecule has 9 atom stereocenters. The fourth-order valence-electron chi connectivity index (χ4n) is 13.3. The zero-order valence-electron chi connectivity index (χ0n) is 65.1. The molecule has 22 heteroatoms. The highest BCUT2D eigenvalue weighted by atomic mass is 31.2. The maximum atomic E-state index is 14.8. The second-order valence-electron chi connectivity index (χ2n) is 29.2. The van der Waals surface area contributed by atoms with Crippen LogP contribution in [0.3, 0.4) is 0 Å². The van der Waals surface area contributed by atoms with Crippen molar-refractivity contribution in [1.29, 1.82) is 0 Å². The minimum absolute atomic E-state index is 0.125. The number of unbranched alkanes of at least 4 members (excludes halogenated alkanes) is 41. The molecule has 1 aliphatic rings. The Kier molecular flexibility index (Phi) is 61.9. The topological polar surface area (TPSA) is 306 Å². The number of aliphatic hydroxyl groups is 1. The van der Waals surface area contributed by atoms with E-state index < -0.39 is 131 Å². The van der Waals surface area contributed by atoms with E-state index in [1.807, 2.05) is 0 Å². The number of ether oxygens (including phenoxy) is 6. The van der Waals surface area contributed by atoms with Crippen molar-refractivity contribution in [2.75, 3.05) is 13.2 Å². The van der Waals surface area contributed by atoms with E-state index in [0.717, 1.165) is 231 Å². The van der Waals surface area contributed by atoms with Gasteiger partial charge >= 0.3 is 37.7 Å². The third-order valence-corrected chi connectivity index (χ3v) is 20.0. The molecule has 2 amide bonds. The van der Waals surface area contributed by atoms with Crippen LogP contribution in [0.5, 0.6) is 0 Å². The van der Waals surface area contributed by atoms with Crippen LogP contribution in [0.2, 0.25) is 0 Å². The molecule has 598 valence electrons. The summed E-state index contributed by atoms with van der Waals surface area (Å²) in [5.74, 6) is -5.54. The predicted octanol–water partition coefficient (Wildman–Crippen LogP) is 18.9. The Morgan fingerprint density at radius 3 is 1.02 bits per heavy atom. The van der Waals surface area contributed by atoms with Crippen LogP contribution in [0.25, 0.3) is 0 Å². The maximum absolute atomic E-state index is 14.8. The first-order valence-corrected chi connectivity index (χ1v) is 43.1. The molecule has 0 aromatic heterocycles. The summed E-state index contributed by atoms with van der Waals surface area (Å²) >= 11 is 0. The molecule has 1 rings (SSSR count). The number of hydrogen-bond donors (Lipinski definition) is 6. The van der Waals surface area contributed by atoms with Gasteiger partial charge in [-0.05, 0) is 57.8 Å². The minimum Gasteiger partial charge on any atom is -0.480 e. The summed E-state index contributed by atoms with van der Waals surface area (Å²) in [4.78, 5) is 118. The van der Waals surface area contributed by atoms with Gasteiger partial charge in [-0.15, -0.1) is 0 Å². The summed E-state index contributed by atoms with van der Waals surface area (Å²) in [5, 5.41) is 26.9. The highest BCUT2D eigenvalue weighted by Gasteiger charge is 2.52. The van der Waals surface area contributed by atoms with Gasteiger partial charge in [-0.3, -0.25) is 33.3 Å². The minimum atomic E-state index is -5.56. The van der Waals surface area contributed by atoms with E-state index in [-0.39, 0.29) is 32.1 Å². The van der Waals surface area contributed by atoms with Crippen molar-refractivity contribution in [2.24, 2.45) is 0 Å². The van der Waals surface area contributed by atoms with Crippen LogP contribution in [0.4, 0.5) is 0 Å².